The van der Waals surface area contributed by atoms with Crippen molar-refractivity contribution < 1.29 is 19.1 Å². The van der Waals surface area contributed by atoms with Crippen LogP contribution in [0.4, 0.5) is 10.5 Å². The summed E-state index contributed by atoms with van der Waals surface area (Å²) >= 11 is 3.50. The fourth-order valence-corrected chi connectivity index (χ4v) is 4.17. The number of ether oxygens (including phenoxy) is 2. The van der Waals surface area contributed by atoms with Gasteiger partial charge in [-0.1, -0.05) is 61.0 Å². The number of rotatable bonds is 6. The largest absolute Gasteiger partial charge is 0.513 e. The summed E-state index contributed by atoms with van der Waals surface area (Å²) < 4.78 is 11.0. The molecule has 2 aromatic rings. The molecule has 1 aliphatic rings. The number of benzene rings is 2. The van der Waals surface area contributed by atoms with Crippen molar-refractivity contribution in [2.24, 2.45) is 17.6 Å². The molecule has 31 heavy (non-hydrogen) atoms. The topological polar surface area (TPSA) is 81.9 Å². The van der Waals surface area contributed by atoms with E-state index >= 15 is 0 Å². The average Bonchev–Trinajstić information content (AvgIpc) is 2.73. The van der Waals surface area contributed by atoms with Crippen molar-refractivity contribution in [2.45, 2.75) is 39.7 Å². The van der Waals surface area contributed by atoms with Gasteiger partial charge in [0.15, 0.2) is 0 Å². The predicted octanol–water partition coefficient (Wildman–Crippen LogP) is 4.72. The number of para-hydroxylation sites is 1. The van der Waals surface area contributed by atoms with E-state index in [2.05, 4.69) is 28.9 Å². The monoisotopic (exact) mass is 488 g/mol. The normalized spacial score (nSPS) is 16.6. The van der Waals surface area contributed by atoms with Gasteiger partial charge in [0.25, 0.3) is 0 Å². The summed E-state index contributed by atoms with van der Waals surface area (Å²) in [5, 5.41) is 0. The highest BCUT2D eigenvalue weighted by Gasteiger charge is 2.29. The van der Waals surface area contributed by atoms with Gasteiger partial charge >= 0.3 is 6.16 Å². The van der Waals surface area contributed by atoms with Crippen molar-refractivity contribution in [1.29, 1.82) is 0 Å². The summed E-state index contributed by atoms with van der Waals surface area (Å²) in [4.78, 5) is 26.7. The molecule has 0 bridgehead atoms. The summed E-state index contributed by atoms with van der Waals surface area (Å²) in [7, 11) is 0. The molecule has 2 atom stereocenters. The Kier molecular flexibility index (Phi) is 7.73. The summed E-state index contributed by atoms with van der Waals surface area (Å²) in [6.45, 7) is 7.01. The lowest BCUT2D eigenvalue weighted by Gasteiger charge is -2.34. The maximum atomic E-state index is 13.2. The first-order valence-corrected chi connectivity index (χ1v) is 11.3. The lowest BCUT2D eigenvalue weighted by molar-refractivity contribution is -0.120. The highest BCUT2D eigenvalue weighted by atomic mass is 79.9. The lowest BCUT2D eigenvalue weighted by atomic mass is 9.93. The number of anilines is 1. The molecule has 0 saturated carbocycles. The molecule has 7 heteroatoms. The Hall–Kier alpha value is -2.38. The molecule has 0 saturated heterocycles. The number of carbonyl (C=O) groups excluding carboxylic acids is 2. The molecule has 0 aliphatic carbocycles. The number of nitrogens with zero attached hydrogens (tertiary/aromatic N) is 1. The summed E-state index contributed by atoms with van der Waals surface area (Å²) in [5.41, 5.74) is 9.31. The van der Waals surface area contributed by atoms with Crippen LogP contribution in [0, 0.1) is 11.8 Å². The Morgan fingerprint density at radius 2 is 1.97 bits per heavy atom. The first kappa shape index (κ1) is 23.3. The van der Waals surface area contributed by atoms with E-state index < -0.39 is 12.2 Å². The smallest absolute Gasteiger partial charge is 0.434 e. The molecule has 1 heterocycles. The molecule has 0 aromatic heterocycles. The zero-order valence-electron chi connectivity index (χ0n) is 18.1. The minimum atomic E-state index is -0.738. The molecule has 0 fully saturated rings. The minimum Gasteiger partial charge on any atom is -0.434 e. The van der Waals surface area contributed by atoms with Crippen molar-refractivity contribution in [3.05, 3.63) is 58.1 Å². The van der Waals surface area contributed by atoms with Gasteiger partial charge in [-0.05, 0) is 54.0 Å². The predicted molar refractivity (Wildman–Crippen MR) is 124 cm³/mol. The van der Waals surface area contributed by atoms with Crippen LogP contribution in [0.25, 0.3) is 0 Å². The molecule has 3 rings (SSSR count). The number of hydrogen-bond donors (Lipinski definition) is 1. The highest BCUT2D eigenvalue weighted by molar-refractivity contribution is 9.10. The molecule has 2 N–H and O–H groups in total. The quantitative estimate of drug-likeness (QED) is 0.469. The van der Waals surface area contributed by atoms with E-state index in [0.717, 1.165) is 22.1 Å². The number of nitrogens with two attached hydrogens (primary N) is 1. The Balaban J connectivity index is 1.66. The van der Waals surface area contributed by atoms with Crippen LogP contribution < -0.4 is 15.4 Å². The fourth-order valence-electron chi connectivity index (χ4n) is 3.65. The van der Waals surface area contributed by atoms with Gasteiger partial charge in [-0.2, -0.15) is 0 Å². The average molecular weight is 489 g/mol. The van der Waals surface area contributed by atoms with Crippen LogP contribution >= 0.6 is 15.9 Å². The zero-order chi connectivity index (χ0) is 22.5. The second kappa shape index (κ2) is 10.3. The van der Waals surface area contributed by atoms with Gasteiger partial charge in [-0.3, -0.25) is 4.79 Å². The van der Waals surface area contributed by atoms with Gasteiger partial charge in [0, 0.05) is 16.7 Å². The van der Waals surface area contributed by atoms with Crippen LogP contribution in [0.15, 0.2) is 46.9 Å². The first-order valence-electron chi connectivity index (χ1n) is 10.5. The zero-order valence-corrected chi connectivity index (χ0v) is 19.7. The molecule has 0 spiro atoms. The van der Waals surface area contributed by atoms with Crippen LogP contribution in [0.1, 0.15) is 31.9 Å². The second-order valence-corrected chi connectivity index (χ2v) is 9.36. The van der Waals surface area contributed by atoms with Crippen molar-refractivity contribution in [3.8, 4) is 5.75 Å². The number of fused-ring (bicyclic) bond motifs is 1. The van der Waals surface area contributed by atoms with Crippen LogP contribution in [0.3, 0.4) is 0 Å². The molecular weight excluding hydrogens is 460 g/mol. The number of hydrogen-bond acceptors (Lipinski definition) is 5. The summed E-state index contributed by atoms with van der Waals surface area (Å²) in [6, 6.07) is 12.5. The van der Waals surface area contributed by atoms with Gasteiger partial charge in [0.05, 0.1) is 12.6 Å². The van der Waals surface area contributed by atoms with E-state index in [1.807, 2.05) is 36.9 Å². The van der Waals surface area contributed by atoms with E-state index in [-0.39, 0.29) is 11.8 Å². The van der Waals surface area contributed by atoms with Gasteiger partial charge < -0.3 is 20.1 Å². The standard InChI is InChI=1S/C24H29BrN2O4/c1-15(2)14-30-24(29)31-19-9-8-17(20(25)12-19)11-21(26)23(28)27-13-16(3)10-18-6-4-5-7-22(18)27/h4-9,12,15-16,21H,10-11,13-14,26H2,1-3H3/t16?,21-/m0/s1. The number of amides is 1. The minimum absolute atomic E-state index is 0.0940. The Morgan fingerprint density at radius 3 is 2.68 bits per heavy atom. The van der Waals surface area contributed by atoms with Gasteiger partial charge in [0.1, 0.15) is 5.75 Å². The SMILES string of the molecule is CC(C)COC(=O)Oc1ccc(C[C@H](N)C(=O)N2CC(C)Cc3ccccc32)c(Br)c1. The molecule has 6 nitrogen and oxygen atoms in total. The van der Waals surface area contributed by atoms with Crippen molar-refractivity contribution in [2.75, 3.05) is 18.1 Å². The molecule has 166 valence electrons. The molecule has 1 aliphatic heterocycles. The van der Waals surface area contributed by atoms with Gasteiger partial charge in [-0.15, -0.1) is 0 Å². The van der Waals surface area contributed by atoms with Crippen molar-refractivity contribution in [1.82, 2.24) is 0 Å². The molecule has 1 amide bonds. The van der Waals surface area contributed by atoms with Crippen LogP contribution in [-0.2, 0) is 22.4 Å². The van der Waals surface area contributed by atoms with E-state index in [0.29, 0.717) is 31.2 Å². The van der Waals surface area contributed by atoms with E-state index in [1.165, 1.54) is 5.56 Å². The van der Waals surface area contributed by atoms with E-state index in [4.69, 9.17) is 15.2 Å². The number of carbonyl (C=O) groups is 2. The van der Waals surface area contributed by atoms with Crippen LogP contribution in [-0.4, -0.2) is 31.3 Å². The molecule has 1 unspecified atom stereocenters. The van der Waals surface area contributed by atoms with Crippen molar-refractivity contribution in [3.63, 3.8) is 0 Å². The maximum absolute atomic E-state index is 13.2. The Morgan fingerprint density at radius 1 is 1.23 bits per heavy atom. The third kappa shape index (κ3) is 6.08. The second-order valence-electron chi connectivity index (χ2n) is 8.51. The Bertz CT molecular complexity index is 947. The molecule has 2 aromatic carbocycles. The maximum Gasteiger partial charge on any atom is 0.513 e. The third-order valence-corrected chi connectivity index (χ3v) is 5.87. The molecule has 0 radical (unpaired) electrons. The van der Waals surface area contributed by atoms with Crippen LogP contribution in [0.2, 0.25) is 0 Å². The number of halogens is 1. The Labute approximate surface area is 191 Å². The third-order valence-electron chi connectivity index (χ3n) is 5.13. The van der Waals surface area contributed by atoms with Gasteiger partial charge in [0.2, 0.25) is 5.91 Å². The fraction of sp³-hybridized carbons (Fsp3) is 0.417. The van der Waals surface area contributed by atoms with E-state index in [9.17, 15) is 9.59 Å². The highest BCUT2D eigenvalue weighted by Crippen LogP contribution is 2.30. The van der Waals surface area contributed by atoms with E-state index in [1.54, 1.807) is 18.2 Å². The first-order chi connectivity index (χ1) is 14.7. The summed E-state index contributed by atoms with van der Waals surface area (Å²) in [5.74, 6) is 0.881. The lowest BCUT2D eigenvalue weighted by Crippen LogP contribution is -2.48. The van der Waals surface area contributed by atoms with Gasteiger partial charge in [-0.25, -0.2) is 4.79 Å². The molecular formula is C24H29BrN2O4. The van der Waals surface area contributed by atoms with Crippen LogP contribution in [0.5, 0.6) is 5.75 Å². The van der Waals surface area contributed by atoms with Crippen molar-refractivity contribution >= 4 is 33.7 Å². The summed E-state index contributed by atoms with van der Waals surface area (Å²) in [6.07, 6.45) is 0.588.